The molecule has 0 radical (unpaired) electrons. The molecule has 0 aliphatic carbocycles. The summed E-state index contributed by atoms with van der Waals surface area (Å²) in [5, 5.41) is 11.8. The smallest absolute Gasteiger partial charge is 0.270 e. The second kappa shape index (κ2) is 8.69. The van der Waals surface area contributed by atoms with Gasteiger partial charge in [-0.15, -0.1) is 10.2 Å². The standard InChI is InChI=1S/C24H24FN7O2/c1-14(2)32-13-26-30-23(32)18-7-4-8-21(29-18)28-17-6-3-5-16-22(17)20(33)11-19(27-16)24(34)31-10-9-15(25)12-31/h3-8,11,13-15H,9-10,12H2,1-2H3,(H,27,33)(H,28,29)/t15-/m1/s1. The molecule has 1 atom stereocenters. The van der Waals surface area contributed by atoms with Crippen LogP contribution in [0, 0.1) is 0 Å². The van der Waals surface area contributed by atoms with Crippen LogP contribution < -0.4 is 10.7 Å². The van der Waals surface area contributed by atoms with E-state index in [-0.39, 0.29) is 29.6 Å². The van der Waals surface area contributed by atoms with Gasteiger partial charge in [0.2, 0.25) is 0 Å². The number of nitrogens with one attached hydrogen (secondary N) is 2. The molecule has 1 saturated heterocycles. The quantitative estimate of drug-likeness (QED) is 0.469. The van der Waals surface area contributed by atoms with Crippen LogP contribution in [0.3, 0.4) is 0 Å². The van der Waals surface area contributed by atoms with E-state index in [4.69, 9.17) is 0 Å². The lowest BCUT2D eigenvalue weighted by molar-refractivity contribution is 0.0777. The number of benzene rings is 1. The minimum Gasteiger partial charge on any atom is -0.350 e. The van der Waals surface area contributed by atoms with Crippen LogP contribution in [0.15, 0.2) is 53.6 Å². The van der Waals surface area contributed by atoms with Crippen molar-refractivity contribution in [2.24, 2.45) is 0 Å². The third kappa shape index (κ3) is 4.02. The zero-order valence-corrected chi connectivity index (χ0v) is 18.8. The Bertz CT molecular complexity index is 1430. The van der Waals surface area contributed by atoms with E-state index in [9.17, 15) is 14.0 Å². The van der Waals surface area contributed by atoms with Crippen molar-refractivity contribution in [2.75, 3.05) is 18.4 Å². The van der Waals surface area contributed by atoms with E-state index >= 15 is 0 Å². The number of likely N-dealkylation sites (tertiary alicyclic amines) is 1. The Morgan fingerprint density at radius 3 is 2.82 bits per heavy atom. The van der Waals surface area contributed by atoms with Crippen LogP contribution >= 0.6 is 0 Å². The molecule has 0 saturated carbocycles. The molecule has 4 heterocycles. The minimum atomic E-state index is -1.02. The van der Waals surface area contributed by atoms with E-state index in [1.165, 1.54) is 11.0 Å². The summed E-state index contributed by atoms with van der Waals surface area (Å²) in [4.78, 5) is 34.9. The first kappa shape index (κ1) is 21.7. The Kier molecular flexibility index (Phi) is 5.56. The summed E-state index contributed by atoms with van der Waals surface area (Å²) in [6.07, 6.45) is 0.961. The minimum absolute atomic E-state index is 0.0487. The summed E-state index contributed by atoms with van der Waals surface area (Å²) in [6.45, 7) is 4.47. The van der Waals surface area contributed by atoms with Crippen LogP contribution in [0.1, 0.15) is 36.8 Å². The number of fused-ring (bicyclic) bond motifs is 1. The fraction of sp³-hybridized carbons (Fsp3) is 0.292. The fourth-order valence-corrected chi connectivity index (χ4v) is 4.17. The number of aromatic amines is 1. The molecule has 4 aromatic rings. The van der Waals surface area contributed by atoms with E-state index < -0.39 is 6.17 Å². The number of aromatic nitrogens is 5. The lowest BCUT2D eigenvalue weighted by Gasteiger charge is -2.16. The number of carbonyl (C=O) groups is 1. The number of alkyl halides is 1. The molecule has 1 aliphatic rings. The monoisotopic (exact) mass is 461 g/mol. The molecule has 174 valence electrons. The normalized spacial score (nSPS) is 15.9. The Morgan fingerprint density at radius 2 is 2.06 bits per heavy atom. The first-order chi connectivity index (χ1) is 16.4. The van der Waals surface area contributed by atoms with Crippen LogP contribution in [-0.4, -0.2) is 54.8 Å². The zero-order chi connectivity index (χ0) is 23.8. The molecular formula is C24H24FN7O2. The highest BCUT2D eigenvalue weighted by Crippen LogP contribution is 2.25. The predicted molar refractivity (Wildman–Crippen MR) is 127 cm³/mol. The SMILES string of the molecule is CC(C)n1cnnc1-c1cccc(Nc2cccc3[nH]c(C(=O)N4CC[C@@H](F)C4)cc(=O)c23)n1. The van der Waals surface area contributed by atoms with Crippen molar-refractivity contribution in [3.63, 3.8) is 0 Å². The van der Waals surface area contributed by atoms with E-state index in [2.05, 4.69) is 25.5 Å². The van der Waals surface area contributed by atoms with E-state index in [0.29, 0.717) is 46.9 Å². The molecule has 2 N–H and O–H groups in total. The molecule has 3 aromatic heterocycles. The number of hydrogen-bond donors (Lipinski definition) is 2. The highest BCUT2D eigenvalue weighted by atomic mass is 19.1. The van der Waals surface area contributed by atoms with Gasteiger partial charge in [-0.1, -0.05) is 12.1 Å². The van der Waals surface area contributed by atoms with Gasteiger partial charge in [-0.25, -0.2) is 9.37 Å². The van der Waals surface area contributed by atoms with Crippen LogP contribution in [0.5, 0.6) is 0 Å². The topological polar surface area (TPSA) is 109 Å². The molecule has 0 unspecified atom stereocenters. The van der Waals surface area contributed by atoms with Gasteiger partial charge in [-0.3, -0.25) is 9.59 Å². The Balaban J connectivity index is 1.48. The maximum Gasteiger partial charge on any atom is 0.270 e. The van der Waals surface area contributed by atoms with Gasteiger partial charge in [-0.2, -0.15) is 0 Å². The second-order valence-electron chi connectivity index (χ2n) is 8.60. The number of pyridine rings is 2. The molecule has 10 heteroatoms. The average molecular weight is 462 g/mol. The van der Waals surface area contributed by atoms with E-state index in [1.54, 1.807) is 30.6 Å². The molecule has 1 aliphatic heterocycles. The van der Waals surface area contributed by atoms with Crippen LogP contribution in [0.2, 0.25) is 0 Å². The lowest BCUT2D eigenvalue weighted by Crippen LogP contribution is -2.30. The highest BCUT2D eigenvalue weighted by Gasteiger charge is 2.27. The molecule has 9 nitrogen and oxygen atoms in total. The Morgan fingerprint density at radius 1 is 1.24 bits per heavy atom. The van der Waals surface area contributed by atoms with Gasteiger partial charge in [0.1, 0.15) is 29.7 Å². The van der Waals surface area contributed by atoms with E-state index in [1.807, 2.05) is 30.5 Å². The van der Waals surface area contributed by atoms with E-state index in [0.717, 1.165) is 0 Å². The van der Waals surface area contributed by atoms with Crippen molar-refractivity contribution >= 4 is 28.3 Å². The number of amides is 1. The third-order valence-electron chi connectivity index (χ3n) is 5.87. The molecule has 0 spiro atoms. The number of hydrogen-bond acceptors (Lipinski definition) is 6. The van der Waals surface area contributed by atoms with Gasteiger partial charge in [-0.05, 0) is 44.5 Å². The maximum absolute atomic E-state index is 13.5. The molecule has 5 rings (SSSR count). The van der Waals surface area contributed by atoms with Crippen LogP contribution in [0.4, 0.5) is 15.9 Å². The lowest BCUT2D eigenvalue weighted by atomic mass is 10.1. The van der Waals surface area contributed by atoms with Crippen LogP contribution in [-0.2, 0) is 0 Å². The fourth-order valence-electron chi connectivity index (χ4n) is 4.17. The molecule has 0 bridgehead atoms. The first-order valence-electron chi connectivity index (χ1n) is 11.1. The predicted octanol–water partition coefficient (Wildman–Crippen LogP) is 3.69. The van der Waals surface area contributed by atoms with Gasteiger partial charge in [0.05, 0.1) is 23.1 Å². The van der Waals surface area contributed by atoms with Crippen molar-refractivity contribution in [3.05, 3.63) is 64.7 Å². The Hall–Kier alpha value is -4.08. The second-order valence-corrected chi connectivity index (χ2v) is 8.60. The number of carbonyl (C=O) groups excluding carboxylic acids is 1. The van der Waals surface area contributed by atoms with Crippen molar-refractivity contribution < 1.29 is 9.18 Å². The van der Waals surface area contributed by atoms with Gasteiger partial charge in [0.15, 0.2) is 11.3 Å². The number of anilines is 2. The zero-order valence-electron chi connectivity index (χ0n) is 18.8. The third-order valence-corrected chi connectivity index (χ3v) is 5.87. The number of halogens is 1. The summed E-state index contributed by atoms with van der Waals surface area (Å²) in [7, 11) is 0. The van der Waals surface area contributed by atoms with Crippen LogP contribution in [0.25, 0.3) is 22.4 Å². The number of nitrogens with zero attached hydrogens (tertiary/aromatic N) is 5. The van der Waals surface area contributed by atoms with Gasteiger partial charge in [0.25, 0.3) is 5.91 Å². The molecular weight excluding hydrogens is 437 g/mol. The molecule has 34 heavy (non-hydrogen) atoms. The number of rotatable bonds is 5. The largest absolute Gasteiger partial charge is 0.350 e. The summed E-state index contributed by atoms with van der Waals surface area (Å²) < 4.78 is 15.5. The van der Waals surface area contributed by atoms with Crippen molar-refractivity contribution in [3.8, 4) is 11.5 Å². The van der Waals surface area contributed by atoms with Gasteiger partial charge >= 0.3 is 0 Å². The summed E-state index contributed by atoms with van der Waals surface area (Å²) in [5.74, 6) is 0.810. The molecule has 1 aromatic carbocycles. The number of H-pyrrole nitrogens is 1. The average Bonchev–Trinajstić information content (AvgIpc) is 3.48. The maximum atomic E-state index is 13.5. The van der Waals surface area contributed by atoms with Crippen molar-refractivity contribution in [2.45, 2.75) is 32.5 Å². The molecule has 1 amide bonds. The van der Waals surface area contributed by atoms with Gasteiger partial charge < -0.3 is 19.8 Å². The van der Waals surface area contributed by atoms with Crippen molar-refractivity contribution in [1.29, 1.82) is 0 Å². The van der Waals surface area contributed by atoms with Crippen molar-refractivity contribution in [1.82, 2.24) is 29.6 Å². The summed E-state index contributed by atoms with van der Waals surface area (Å²) >= 11 is 0. The first-order valence-corrected chi connectivity index (χ1v) is 11.1. The molecule has 1 fully saturated rings. The van der Waals surface area contributed by atoms with Gasteiger partial charge in [0, 0.05) is 18.7 Å². The Labute approximate surface area is 194 Å². The summed E-state index contributed by atoms with van der Waals surface area (Å²) in [5.41, 5.74) is 1.55. The summed E-state index contributed by atoms with van der Waals surface area (Å²) in [6, 6.07) is 12.2. The highest BCUT2D eigenvalue weighted by molar-refractivity contribution is 5.98.